The Labute approximate surface area is 249 Å². The number of alkyl halides is 18. The largest absolute Gasteiger partial charge is 1.00 e. The SMILES string of the molecule is O=C(O)C(CCC(F)(F)C(F)(F)C(F)(F)C(F)(F)F)C(CCC(F)(F)C(F)(F)C(F)(F)C(F)(F)F)(C(=O)O)S(=O)(=O)O.[H-].[Na+]. The molecule has 0 aliphatic carbocycles. The summed E-state index contributed by atoms with van der Waals surface area (Å²) in [6.45, 7) is 0. The van der Waals surface area contributed by atoms with Gasteiger partial charge in [-0.3, -0.25) is 14.1 Å². The van der Waals surface area contributed by atoms with Crippen LogP contribution in [0.25, 0.3) is 0 Å². The molecule has 0 bridgehead atoms. The van der Waals surface area contributed by atoms with Gasteiger partial charge in [-0.15, -0.1) is 0 Å². The van der Waals surface area contributed by atoms with E-state index in [2.05, 4.69) is 0 Å². The third kappa shape index (κ3) is 7.37. The molecule has 3 N–H and O–H groups in total. The molecule has 0 aromatic carbocycles. The summed E-state index contributed by atoms with van der Waals surface area (Å²) in [7, 11) is -7.09. The second kappa shape index (κ2) is 12.4. The average molecular weight is 714 g/mol. The molecule has 0 heterocycles. The summed E-state index contributed by atoms with van der Waals surface area (Å²) in [5.74, 6) is -55.3. The van der Waals surface area contributed by atoms with Crippen molar-refractivity contribution in [2.24, 2.45) is 5.92 Å². The molecule has 0 saturated heterocycles. The molecule has 7 nitrogen and oxygen atoms in total. The molecule has 0 radical (unpaired) electrons. The Kier molecular flexibility index (Phi) is 12.6. The van der Waals surface area contributed by atoms with Crippen molar-refractivity contribution in [3.05, 3.63) is 0 Å². The zero-order chi connectivity index (χ0) is 34.6. The number of carboxylic acids is 2. The minimum Gasteiger partial charge on any atom is -1.00 e. The number of carboxylic acid groups (broad SMARTS) is 2. The Hall–Kier alpha value is -1.41. The molecule has 0 saturated carbocycles. The molecule has 252 valence electrons. The maximum atomic E-state index is 13.9. The van der Waals surface area contributed by atoms with Crippen LogP contribution >= 0.6 is 0 Å². The topological polar surface area (TPSA) is 129 Å². The molecule has 0 aliphatic rings. The number of rotatable bonds is 14. The number of hydrogen-bond donors (Lipinski definition) is 3. The maximum Gasteiger partial charge on any atom is 1.00 e. The van der Waals surface area contributed by atoms with Gasteiger partial charge in [0.1, 0.15) is 0 Å². The minimum absolute atomic E-state index is 0. The van der Waals surface area contributed by atoms with E-state index in [1.807, 2.05) is 0 Å². The fraction of sp³-hybridized carbons (Fsp3) is 0.875. The summed E-state index contributed by atoms with van der Waals surface area (Å²) in [5.41, 5.74) is 0. The molecule has 0 aliphatic heterocycles. The summed E-state index contributed by atoms with van der Waals surface area (Å²) in [6.07, 6.45) is -28.1. The van der Waals surface area contributed by atoms with Gasteiger partial charge in [0.15, 0.2) is 0 Å². The van der Waals surface area contributed by atoms with Gasteiger partial charge in [0.2, 0.25) is 4.75 Å². The van der Waals surface area contributed by atoms with Crippen LogP contribution in [0.2, 0.25) is 0 Å². The second-order valence-corrected chi connectivity index (χ2v) is 9.98. The monoisotopic (exact) mass is 714 g/mol. The summed E-state index contributed by atoms with van der Waals surface area (Å²) in [4.78, 5) is 23.0. The van der Waals surface area contributed by atoms with Crippen LogP contribution in [0.5, 0.6) is 0 Å². The standard InChI is InChI=1S/C16H12F18O7S.Na.H/c17-9(18,11(21,22)13(25,26)15(29,30)31)2-1-5(6(35)36)8(7(37)38,42(39,40)41)3-4-10(19,20)12(23,24)14(27,28)16(32,33)34;;/h5H,1-4H2,(H,35,36)(H,37,38)(H,39,40,41);;/q;+1;-1. The van der Waals surface area contributed by atoms with Crippen LogP contribution in [-0.4, -0.2) is 87.8 Å². The van der Waals surface area contributed by atoms with Crippen molar-refractivity contribution in [2.75, 3.05) is 0 Å². The Morgan fingerprint density at radius 3 is 1.12 bits per heavy atom. The van der Waals surface area contributed by atoms with Gasteiger partial charge in [0.05, 0.1) is 5.92 Å². The normalized spacial score (nSPS) is 17.1. The smallest absolute Gasteiger partial charge is 1.00 e. The molecular formula is C16H13F18NaO7S. The van der Waals surface area contributed by atoms with E-state index in [0.717, 1.165) is 0 Å². The van der Waals surface area contributed by atoms with E-state index in [0.29, 0.717) is 0 Å². The van der Waals surface area contributed by atoms with Crippen LogP contribution in [0.3, 0.4) is 0 Å². The van der Waals surface area contributed by atoms with Crippen LogP contribution < -0.4 is 29.6 Å². The zero-order valence-corrected chi connectivity index (χ0v) is 22.9. The maximum absolute atomic E-state index is 13.9. The Balaban J connectivity index is -0.00000840. The first-order chi connectivity index (χ1) is 17.9. The van der Waals surface area contributed by atoms with Crippen LogP contribution in [0.4, 0.5) is 79.0 Å². The van der Waals surface area contributed by atoms with E-state index in [1.165, 1.54) is 0 Å². The molecule has 0 aromatic heterocycles. The van der Waals surface area contributed by atoms with Crippen LogP contribution in [-0.2, 0) is 19.7 Å². The fourth-order valence-electron chi connectivity index (χ4n) is 3.20. The quantitative estimate of drug-likeness (QED) is 0.144. The van der Waals surface area contributed by atoms with Crippen molar-refractivity contribution in [1.29, 1.82) is 0 Å². The predicted molar refractivity (Wildman–Crippen MR) is 94.4 cm³/mol. The zero-order valence-electron chi connectivity index (χ0n) is 21.1. The number of halogens is 18. The third-order valence-electron chi connectivity index (χ3n) is 5.66. The van der Waals surface area contributed by atoms with E-state index < -0.39 is 106 Å². The number of carbonyl (C=O) groups is 2. The van der Waals surface area contributed by atoms with Crippen molar-refractivity contribution < 1.29 is 143 Å². The van der Waals surface area contributed by atoms with E-state index in [1.54, 1.807) is 0 Å². The summed E-state index contributed by atoms with van der Waals surface area (Å²) in [6, 6.07) is 0. The molecular weight excluding hydrogens is 701 g/mol. The Bertz CT molecular complexity index is 1140. The molecule has 2 atom stereocenters. The van der Waals surface area contributed by atoms with Gasteiger partial charge in [-0.2, -0.15) is 87.4 Å². The fourth-order valence-corrected chi connectivity index (χ4v) is 4.36. The average Bonchev–Trinajstić information content (AvgIpc) is 2.72. The van der Waals surface area contributed by atoms with E-state index in [4.69, 9.17) is 10.2 Å². The van der Waals surface area contributed by atoms with Gasteiger partial charge in [-0.1, -0.05) is 0 Å². The molecule has 0 amide bonds. The number of hydrogen-bond acceptors (Lipinski definition) is 4. The molecule has 0 fully saturated rings. The first kappa shape index (κ1) is 43.7. The van der Waals surface area contributed by atoms with Gasteiger partial charge >= 0.3 is 89.4 Å². The summed E-state index contributed by atoms with van der Waals surface area (Å²) < 4.78 is 262. The van der Waals surface area contributed by atoms with Gasteiger partial charge in [0.25, 0.3) is 10.1 Å². The van der Waals surface area contributed by atoms with Crippen molar-refractivity contribution >= 4 is 22.1 Å². The number of aliphatic carboxylic acids is 2. The Morgan fingerprint density at radius 1 is 0.581 bits per heavy atom. The van der Waals surface area contributed by atoms with Crippen molar-refractivity contribution in [2.45, 2.75) is 78.3 Å². The Morgan fingerprint density at radius 2 is 0.884 bits per heavy atom. The van der Waals surface area contributed by atoms with Crippen molar-refractivity contribution in [1.82, 2.24) is 0 Å². The van der Waals surface area contributed by atoms with Gasteiger partial charge in [0, 0.05) is 12.8 Å². The third-order valence-corrected chi connectivity index (χ3v) is 7.24. The molecule has 0 spiro atoms. The van der Waals surface area contributed by atoms with Gasteiger partial charge in [-0.25, -0.2) is 0 Å². The van der Waals surface area contributed by atoms with E-state index >= 15 is 0 Å². The van der Waals surface area contributed by atoms with Crippen molar-refractivity contribution in [3.8, 4) is 0 Å². The first-order valence-electron chi connectivity index (χ1n) is 9.77. The van der Waals surface area contributed by atoms with Gasteiger partial charge < -0.3 is 11.6 Å². The minimum atomic E-state index is -7.70. The predicted octanol–water partition coefficient (Wildman–Crippen LogP) is 3.01. The van der Waals surface area contributed by atoms with E-state index in [9.17, 15) is 102 Å². The second-order valence-electron chi connectivity index (χ2n) is 8.30. The van der Waals surface area contributed by atoms with Gasteiger partial charge in [-0.05, 0) is 12.8 Å². The molecule has 0 rings (SSSR count). The van der Waals surface area contributed by atoms with Crippen LogP contribution in [0.1, 0.15) is 27.1 Å². The first-order valence-corrected chi connectivity index (χ1v) is 11.2. The molecule has 2 unspecified atom stereocenters. The molecule has 27 heteroatoms. The van der Waals surface area contributed by atoms with Crippen molar-refractivity contribution in [3.63, 3.8) is 0 Å². The van der Waals surface area contributed by atoms with Crippen LogP contribution in [0, 0.1) is 5.92 Å². The summed E-state index contributed by atoms with van der Waals surface area (Å²) in [5, 5.41) is 18.2. The molecule has 43 heavy (non-hydrogen) atoms. The molecule has 0 aromatic rings. The van der Waals surface area contributed by atoms with E-state index in [-0.39, 0.29) is 31.0 Å². The summed E-state index contributed by atoms with van der Waals surface area (Å²) >= 11 is 0. The van der Waals surface area contributed by atoms with Crippen LogP contribution in [0.15, 0.2) is 0 Å².